The average molecular weight is 834 g/mol. The number of aliphatic hydroxyl groups excluding tert-OH is 3. The van der Waals surface area contributed by atoms with E-state index in [-0.39, 0.29) is 37.7 Å². The van der Waals surface area contributed by atoms with Crippen molar-refractivity contribution in [2.45, 2.75) is 128 Å². The minimum Gasteiger partial charge on any atom is -0.481 e. The smallest absolute Gasteiger partial charge is 0.328 e. The third kappa shape index (κ3) is 20.0. The summed E-state index contributed by atoms with van der Waals surface area (Å²) in [7, 11) is 0. The normalized spacial score (nSPS) is 16.2. The Morgan fingerprint density at radius 3 is 1.57 bits per heavy atom. The summed E-state index contributed by atoms with van der Waals surface area (Å²) >= 11 is 0. The first-order chi connectivity index (χ1) is 26.8. The molecule has 0 fully saturated rings. The summed E-state index contributed by atoms with van der Waals surface area (Å²) in [6.45, 7) is 7.29. The van der Waals surface area contributed by atoms with E-state index in [0.29, 0.717) is 0 Å². The summed E-state index contributed by atoms with van der Waals surface area (Å²) in [4.78, 5) is 117. The Hall–Kier alpha value is -5.66. The lowest BCUT2D eigenvalue weighted by molar-refractivity contribution is -0.145. The molecule has 0 saturated heterocycles. The molecule has 18 N–H and O–H groups in total. The van der Waals surface area contributed by atoms with E-state index >= 15 is 0 Å². The van der Waals surface area contributed by atoms with Crippen molar-refractivity contribution in [3.8, 4) is 0 Å². The monoisotopic (exact) mass is 833 g/mol. The van der Waals surface area contributed by atoms with Crippen LogP contribution in [-0.2, 0) is 43.2 Å². The molecule has 7 amide bonds. The fraction of sp³-hybridized carbons (Fsp3) is 0.697. The molecule has 330 valence electrons. The van der Waals surface area contributed by atoms with Gasteiger partial charge in [0.05, 0.1) is 37.3 Å². The van der Waals surface area contributed by atoms with Crippen molar-refractivity contribution >= 4 is 59.2 Å². The first kappa shape index (κ1) is 52.3. The number of aliphatic carboxylic acids is 2. The van der Waals surface area contributed by atoms with Crippen LogP contribution in [0.15, 0.2) is 4.99 Å². The van der Waals surface area contributed by atoms with Crippen molar-refractivity contribution in [2.24, 2.45) is 28.1 Å². The number of amides is 7. The van der Waals surface area contributed by atoms with Crippen molar-refractivity contribution in [3.05, 3.63) is 0 Å². The number of carboxylic acid groups (broad SMARTS) is 2. The Morgan fingerprint density at radius 1 is 0.603 bits per heavy atom. The summed E-state index contributed by atoms with van der Waals surface area (Å²) in [5, 5.41) is 64.3. The number of carboxylic acids is 2. The highest BCUT2D eigenvalue weighted by atomic mass is 16.4. The predicted molar refractivity (Wildman–Crippen MR) is 203 cm³/mol. The van der Waals surface area contributed by atoms with E-state index in [1.54, 1.807) is 13.8 Å². The molecule has 0 unspecified atom stereocenters. The molecule has 0 aliphatic rings. The number of carbonyl (C=O) groups is 9. The molecule has 0 aromatic carbocycles. The van der Waals surface area contributed by atoms with Crippen molar-refractivity contribution in [3.63, 3.8) is 0 Å². The van der Waals surface area contributed by atoms with Crippen LogP contribution in [0.25, 0.3) is 0 Å². The number of hydrogen-bond donors (Lipinski definition) is 15. The number of nitrogens with zero attached hydrogens (tertiary/aromatic N) is 1. The second kappa shape index (κ2) is 25.6. The molecule has 0 heterocycles. The molecule has 0 saturated carbocycles. The lowest BCUT2D eigenvalue weighted by Gasteiger charge is -2.27. The number of nitrogens with one attached hydrogen (secondary N) is 7. The predicted octanol–water partition coefficient (Wildman–Crippen LogP) is -6.84. The maximum absolute atomic E-state index is 13.2. The van der Waals surface area contributed by atoms with Gasteiger partial charge < -0.3 is 80.0 Å². The molecule has 0 bridgehead atoms. The van der Waals surface area contributed by atoms with Gasteiger partial charge in [-0.15, -0.1) is 0 Å². The van der Waals surface area contributed by atoms with Crippen LogP contribution in [0, 0.1) is 5.92 Å². The van der Waals surface area contributed by atoms with E-state index in [1.165, 1.54) is 6.92 Å². The lowest BCUT2D eigenvalue weighted by Crippen LogP contribution is -2.61. The largest absolute Gasteiger partial charge is 0.481 e. The minimum absolute atomic E-state index is 0.00310. The Morgan fingerprint density at radius 2 is 1.09 bits per heavy atom. The zero-order chi connectivity index (χ0) is 45.0. The number of carbonyl (C=O) groups excluding carboxylic acids is 7. The van der Waals surface area contributed by atoms with Gasteiger partial charge in [0.15, 0.2) is 12.0 Å². The molecule has 0 aromatic heterocycles. The van der Waals surface area contributed by atoms with Gasteiger partial charge in [-0.05, 0) is 52.9 Å². The van der Waals surface area contributed by atoms with Crippen LogP contribution in [0.4, 0.5) is 0 Å². The number of rotatable bonds is 26. The van der Waals surface area contributed by atoms with E-state index < -0.39 is 127 Å². The summed E-state index contributed by atoms with van der Waals surface area (Å²) in [5.41, 5.74) is 16.2. The molecule has 0 aromatic rings. The molecule has 10 atom stereocenters. The van der Waals surface area contributed by atoms with E-state index in [9.17, 15) is 63.6 Å². The standard InChI is InChI=1S/C33H59N11O14/c1-13(2)10-20(29(54)44-25(17(6)47)32(57)58)41-31(56)24(16(5)46)42-26(51)14(3)39-21(48)12-38-30(55)23(15(4)45)43-28(53)19(8-7-9-37-33(35)36)40-27(52)18(34)11-22(49)50/h13-20,23-25,45-47H,7-12,34H2,1-6H3,(H,38,55)(H,39,48)(H,40,52)(H,41,56)(H,42,51)(H,43,53)(H,44,54)(H,49,50)(H,57,58)(H4,35,36,37)/t14-,15+,16+,17+,18-,19-,20-,23-,24-,25-/m0/s1. The van der Waals surface area contributed by atoms with Gasteiger partial charge in [-0.1, -0.05) is 13.8 Å². The molecule has 0 aliphatic carbocycles. The van der Waals surface area contributed by atoms with Crippen LogP contribution in [0.1, 0.15) is 67.2 Å². The molecular weight excluding hydrogens is 774 g/mol. The van der Waals surface area contributed by atoms with Crippen LogP contribution < -0.4 is 54.4 Å². The lowest BCUT2D eigenvalue weighted by atomic mass is 10.0. The van der Waals surface area contributed by atoms with Crippen LogP contribution in [0.3, 0.4) is 0 Å². The van der Waals surface area contributed by atoms with Gasteiger partial charge in [0.25, 0.3) is 0 Å². The molecule has 25 heteroatoms. The zero-order valence-electron chi connectivity index (χ0n) is 33.2. The van der Waals surface area contributed by atoms with E-state index in [2.05, 4.69) is 42.2 Å². The highest BCUT2D eigenvalue weighted by molar-refractivity contribution is 5.97. The van der Waals surface area contributed by atoms with E-state index in [1.807, 2.05) is 0 Å². The van der Waals surface area contributed by atoms with Gasteiger partial charge >= 0.3 is 11.9 Å². The molecule has 0 spiro atoms. The fourth-order valence-electron chi connectivity index (χ4n) is 4.92. The molecule has 0 aliphatic heterocycles. The number of hydrogen-bond acceptors (Lipinski definition) is 14. The summed E-state index contributed by atoms with van der Waals surface area (Å²) in [6.07, 6.45) is -5.33. The zero-order valence-corrected chi connectivity index (χ0v) is 33.2. The highest BCUT2D eigenvalue weighted by Crippen LogP contribution is 2.08. The Kier molecular flexibility index (Phi) is 23.1. The average Bonchev–Trinajstić information content (AvgIpc) is 3.09. The molecule has 25 nitrogen and oxygen atoms in total. The topological polar surface area (TPSA) is 429 Å². The number of guanidine groups is 1. The maximum Gasteiger partial charge on any atom is 0.328 e. The maximum atomic E-state index is 13.2. The van der Waals surface area contributed by atoms with Crippen molar-refractivity contribution in [2.75, 3.05) is 13.1 Å². The van der Waals surface area contributed by atoms with Gasteiger partial charge in [-0.3, -0.25) is 43.3 Å². The molecular formula is C33H59N11O14. The summed E-state index contributed by atoms with van der Waals surface area (Å²) in [6, 6.07) is -10.7. The van der Waals surface area contributed by atoms with Gasteiger partial charge in [-0.25, -0.2) is 4.79 Å². The van der Waals surface area contributed by atoms with Crippen molar-refractivity contribution in [1.82, 2.24) is 37.2 Å². The third-order valence-corrected chi connectivity index (χ3v) is 8.02. The van der Waals surface area contributed by atoms with Gasteiger partial charge in [0, 0.05) is 6.54 Å². The number of aliphatic imine (C=N–C) groups is 1. The Labute approximate surface area is 334 Å². The molecule has 58 heavy (non-hydrogen) atoms. The Balaban J connectivity index is 5.63. The van der Waals surface area contributed by atoms with Crippen LogP contribution >= 0.6 is 0 Å². The third-order valence-electron chi connectivity index (χ3n) is 8.02. The highest BCUT2D eigenvalue weighted by Gasteiger charge is 2.35. The van der Waals surface area contributed by atoms with Crippen LogP contribution in [-0.4, -0.2) is 158 Å². The SMILES string of the molecule is CC(C)C[C@H](NC(=O)[C@@H](NC(=O)[C@H](C)NC(=O)CNC(=O)[C@@H](NC(=O)[C@H](CCCN=C(N)N)NC(=O)[C@@H](N)CC(=O)O)[C@@H](C)O)[C@@H](C)O)C(=O)N[C@H](C(=O)O)[C@@H](C)O. The molecule has 0 radical (unpaired) electrons. The number of aliphatic hydroxyl groups is 3. The summed E-state index contributed by atoms with van der Waals surface area (Å²) in [5.74, 6) is -10.4. The van der Waals surface area contributed by atoms with E-state index in [0.717, 1.165) is 20.8 Å². The van der Waals surface area contributed by atoms with Crippen molar-refractivity contribution < 1.29 is 68.7 Å². The first-order valence-electron chi connectivity index (χ1n) is 18.2. The van der Waals surface area contributed by atoms with Crippen LogP contribution in [0.5, 0.6) is 0 Å². The quantitative estimate of drug-likeness (QED) is 0.0219. The van der Waals surface area contributed by atoms with Crippen molar-refractivity contribution in [1.29, 1.82) is 0 Å². The van der Waals surface area contributed by atoms with Crippen LogP contribution in [0.2, 0.25) is 0 Å². The first-order valence-corrected chi connectivity index (χ1v) is 18.2. The second-order valence-electron chi connectivity index (χ2n) is 13.9. The fourth-order valence-corrected chi connectivity index (χ4v) is 4.92. The molecule has 0 rings (SSSR count). The Bertz CT molecular complexity index is 1490. The minimum atomic E-state index is -1.69. The van der Waals surface area contributed by atoms with E-state index in [4.69, 9.17) is 22.3 Å². The van der Waals surface area contributed by atoms with Gasteiger partial charge in [0.1, 0.15) is 30.2 Å². The van der Waals surface area contributed by atoms with Gasteiger partial charge in [-0.2, -0.15) is 0 Å². The summed E-state index contributed by atoms with van der Waals surface area (Å²) < 4.78 is 0. The second-order valence-corrected chi connectivity index (χ2v) is 13.9. The number of nitrogens with two attached hydrogens (primary N) is 3. The van der Waals surface area contributed by atoms with Gasteiger partial charge in [0.2, 0.25) is 41.4 Å².